The number of halogens is 3. The average molecular weight is 477 g/mol. The maximum absolute atomic E-state index is 4.73. The van der Waals surface area contributed by atoms with Crippen LogP contribution in [-0.2, 0) is 0 Å². The van der Waals surface area contributed by atoms with E-state index in [0.29, 0.717) is 11.7 Å². The standard InChI is InChI=1S/C14H13Br3N4/c1-2-18-13-10(17)11(7-3-4-7)20-14(21-13)12-9(16)5-8(15)6-19-12/h5-7H,2-4H2,1H3,(H,18,20,21). The highest BCUT2D eigenvalue weighted by Crippen LogP contribution is 2.44. The summed E-state index contributed by atoms with van der Waals surface area (Å²) in [5.74, 6) is 2.02. The summed E-state index contributed by atoms with van der Waals surface area (Å²) in [6, 6.07) is 1.96. The molecule has 2 aromatic rings. The highest BCUT2D eigenvalue weighted by Gasteiger charge is 2.30. The lowest BCUT2D eigenvalue weighted by Gasteiger charge is -2.12. The van der Waals surface area contributed by atoms with Gasteiger partial charge in [-0.05, 0) is 73.6 Å². The Bertz CT molecular complexity index is 686. The van der Waals surface area contributed by atoms with Crippen molar-refractivity contribution in [2.24, 2.45) is 0 Å². The minimum absolute atomic E-state index is 0.535. The first-order valence-corrected chi connectivity index (χ1v) is 9.10. The third-order valence-electron chi connectivity index (χ3n) is 3.20. The van der Waals surface area contributed by atoms with Gasteiger partial charge in [-0.25, -0.2) is 9.97 Å². The zero-order chi connectivity index (χ0) is 15.0. The number of hydrogen-bond acceptors (Lipinski definition) is 4. The van der Waals surface area contributed by atoms with Crippen LogP contribution in [0.15, 0.2) is 25.7 Å². The van der Waals surface area contributed by atoms with E-state index in [1.165, 1.54) is 12.8 Å². The molecule has 0 spiro atoms. The van der Waals surface area contributed by atoms with Gasteiger partial charge in [-0.3, -0.25) is 4.98 Å². The summed E-state index contributed by atoms with van der Waals surface area (Å²) < 4.78 is 2.77. The molecule has 2 aromatic heterocycles. The van der Waals surface area contributed by atoms with Crippen LogP contribution in [0.25, 0.3) is 11.5 Å². The molecule has 0 bridgehead atoms. The van der Waals surface area contributed by atoms with Gasteiger partial charge in [-0.2, -0.15) is 0 Å². The fraction of sp³-hybridized carbons (Fsp3) is 0.357. The summed E-state index contributed by atoms with van der Waals surface area (Å²) in [5, 5.41) is 3.29. The van der Waals surface area contributed by atoms with Crippen molar-refractivity contribution in [1.29, 1.82) is 0 Å². The van der Waals surface area contributed by atoms with Crippen LogP contribution in [0.4, 0.5) is 5.82 Å². The SMILES string of the molecule is CCNc1nc(-c2ncc(Br)cc2Br)nc(C2CC2)c1Br. The molecule has 110 valence electrons. The van der Waals surface area contributed by atoms with Crippen molar-refractivity contribution in [2.75, 3.05) is 11.9 Å². The van der Waals surface area contributed by atoms with Crippen LogP contribution in [0.2, 0.25) is 0 Å². The lowest BCUT2D eigenvalue weighted by Crippen LogP contribution is -2.06. The lowest BCUT2D eigenvalue weighted by atomic mass is 10.2. The summed E-state index contributed by atoms with van der Waals surface area (Å²) in [5.41, 5.74) is 1.83. The Morgan fingerprint density at radius 1 is 1.24 bits per heavy atom. The normalized spacial score (nSPS) is 14.3. The maximum atomic E-state index is 4.73. The second-order valence-corrected chi connectivity index (χ2v) is 7.45. The highest BCUT2D eigenvalue weighted by molar-refractivity contribution is 9.11. The largest absolute Gasteiger partial charge is 0.369 e. The molecule has 0 aromatic carbocycles. The first kappa shape index (κ1) is 15.4. The molecular weight excluding hydrogens is 464 g/mol. The zero-order valence-electron chi connectivity index (χ0n) is 11.3. The molecule has 0 unspecified atom stereocenters. The number of rotatable bonds is 4. The molecule has 3 rings (SSSR count). The van der Waals surface area contributed by atoms with E-state index in [2.05, 4.69) is 70.0 Å². The van der Waals surface area contributed by atoms with Crippen molar-refractivity contribution in [1.82, 2.24) is 15.0 Å². The molecule has 7 heteroatoms. The summed E-state index contributed by atoms with van der Waals surface area (Å²) in [4.78, 5) is 13.8. The van der Waals surface area contributed by atoms with Crippen molar-refractivity contribution >= 4 is 53.6 Å². The van der Waals surface area contributed by atoms with E-state index >= 15 is 0 Å². The maximum Gasteiger partial charge on any atom is 0.181 e. The minimum Gasteiger partial charge on any atom is -0.369 e. The van der Waals surface area contributed by atoms with Gasteiger partial charge in [-0.1, -0.05) is 0 Å². The predicted molar refractivity (Wildman–Crippen MR) is 94.5 cm³/mol. The molecule has 0 aliphatic heterocycles. The number of aromatic nitrogens is 3. The van der Waals surface area contributed by atoms with Gasteiger partial charge in [0.2, 0.25) is 0 Å². The minimum atomic E-state index is 0.535. The van der Waals surface area contributed by atoms with Gasteiger partial charge in [0.1, 0.15) is 11.5 Å². The van der Waals surface area contributed by atoms with Crippen LogP contribution in [0.5, 0.6) is 0 Å². The van der Waals surface area contributed by atoms with Crippen LogP contribution < -0.4 is 5.32 Å². The van der Waals surface area contributed by atoms with Crippen molar-refractivity contribution in [2.45, 2.75) is 25.7 Å². The molecule has 1 aliphatic rings. The van der Waals surface area contributed by atoms with Gasteiger partial charge < -0.3 is 5.32 Å². The molecule has 1 fully saturated rings. The average Bonchev–Trinajstić information content (AvgIpc) is 3.26. The summed E-state index contributed by atoms with van der Waals surface area (Å²) >= 11 is 10.6. The molecule has 4 nitrogen and oxygen atoms in total. The van der Waals surface area contributed by atoms with E-state index in [-0.39, 0.29) is 0 Å². The van der Waals surface area contributed by atoms with Crippen LogP contribution in [0, 0.1) is 0 Å². The summed E-state index contributed by atoms with van der Waals surface area (Å²) in [7, 11) is 0. The zero-order valence-corrected chi connectivity index (χ0v) is 16.1. The van der Waals surface area contributed by atoms with E-state index in [0.717, 1.165) is 37.2 Å². The molecule has 0 radical (unpaired) electrons. The number of anilines is 1. The van der Waals surface area contributed by atoms with Gasteiger partial charge in [-0.15, -0.1) is 0 Å². The highest BCUT2D eigenvalue weighted by atomic mass is 79.9. The quantitative estimate of drug-likeness (QED) is 0.664. The van der Waals surface area contributed by atoms with E-state index < -0.39 is 0 Å². The second kappa shape index (κ2) is 6.30. The van der Waals surface area contributed by atoms with E-state index in [9.17, 15) is 0 Å². The van der Waals surface area contributed by atoms with Crippen LogP contribution >= 0.6 is 47.8 Å². The lowest BCUT2D eigenvalue weighted by molar-refractivity contribution is 0.966. The van der Waals surface area contributed by atoms with Gasteiger partial charge >= 0.3 is 0 Å². The molecule has 2 heterocycles. The first-order chi connectivity index (χ1) is 10.1. The van der Waals surface area contributed by atoms with Crippen LogP contribution in [-0.4, -0.2) is 21.5 Å². The van der Waals surface area contributed by atoms with Crippen LogP contribution in [0.3, 0.4) is 0 Å². The van der Waals surface area contributed by atoms with Crippen molar-refractivity contribution in [3.63, 3.8) is 0 Å². The smallest absolute Gasteiger partial charge is 0.181 e. The topological polar surface area (TPSA) is 50.7 Å². The molecule has 21 heavy (non-hydrogen) atoms. The first-order valence-electron chi connectivity index (χ1n) is 6.73. The molecule has 0 atom stereocenters. The molecule has 0 amide bonds. The van der Waals surface area contributed by atoms with Gasteiger partial charge in [0.25, 0.3) is 0 Å². The third kappa shape index (κ3) is 3.29. The van der Waals surface area contributed by atoms with Gasteiger partial charge in [0.15, 0.2) is 5.82 Å². The summed E-state index contributed by atoms with van der Waals surface area (Å²) in [6.45, 7) is 2.87. The van der Waals surface area contributed by atoms with E-state index in [1.807, 2.05) is 6.07 Å². The van der Waals surface area contributed by atoms with Gasteiger partial charge in [0, 0.05) is 27.6 Å². The molecule has 1 saturated carbocycles. The Hall–Kier alpha value is -0.530. The van der Waals surface area contributed by atoms with E-state index in [1.54, 1.807) is 6.20 Å². The van der Waals surface area contributed by atoms with E-state index in [4.69, 9.17) is 4.98 Å². The Morgan fingerprint density at radius 3 is 2.62 bits per heavy atom. The molecule has 0 saturated heterocycles. The van der Waals surface area contributed by atoms with Crippen molar-refractivity contribution in [3.8, 4) is 11.5 Å². The number of nitrogens with one attached hydrogen (secondary N) is 1. The fourth-order valence-electron chi connectivity index (χ4n) is 2.06. The summed E-state index contributed by atoms with van der Waals surface area (Å²) in [6.07, 6.45) is 4.14. The number of hydrogen-bond donors (Lipinski definition) is 1. The molecule has 1 aliphatic carbocycles. The van der Waals surface area contributed by atoms with Crippen molar-refractivity contribution < 1.29 is 0 Å². The van der Waals surface area contributed by atoms with Crippen molar-refractivity contribution in [3.05, 3.63) is 31.4 Å². The third-order valence-corrected chi connectivity index (χ3v) is 5.02. The van der Waals surface area contributed by atoms with Gasteiger partial charge in [0.05, 0.1) is 10.2 Å². The Balaban J connectivity index is 2.13. The molecular formula is C14H13Br3N4. The second-order valence-electron chi connectivity index (χ2n) is 4.88. The monoisotopic (exact) mass is 474 g/mol. The Morgan fingerprint density at radius 2 is 2.00 bits per heavy atom. The molecule has 1 N–H and O–H groups in total. The number of pyridine rings is 1. The van der Waals surface area contributed by atoms with Crippen LogP contribution in [0.1, 0.15) is 31.4 Å². The Labute approximate surface area is 148 Å². The fourth-order valence-corrected chi connectivity index (χ4v) is 3.87. The predicted octanol–water partition coefficient (Wildman–Crippen LogP) is 5.14. The number of nitrogens with zero attached hydrogens (tertiary/aromatic N) is 3. The Kier molecular flexibility index (Phi) is 4.61.